The first-order valence-corrected chi connectivity index (χ1v) is 10.5. The van der Waals surface area contributed by atoms with Crippen molar-refractivity contribution in [2.75, 3.05) is 23.3 Å². The van der Waals surface area contributed by atoms with E-state index >= 15 is 0 Å². The van der Waals surface area contributed by atoms with Crippen molar-refractivity contribution in [2.45, 2.75) is 39.2 Å². The smallest absolute Gasteiger partial charge is 0.262 e. The zero-order chi connectivity index (χ0) is 21.3. The lowest BCUT2D eigenvalue weighted by atomic mass is 10.0. The van der Waals surface area contributed by atoms with E-state index in [1.54, 1.807) is 10.6 Å². The molecule has 2 aromatic carbocycles. The summed E-state index contributed by atoms with van der Waals surface area (Å²) in [6.45, 7) is 5.89. The lowest BCUT2D eigenvalue weighted by Gasteiger charge is -2.29. The summed E-state index contributed by atoms with van der Waals surface area (Å²) in [5.74, 6) is 0.738. The lowest BCUT2D eigenvalue weighted by molar-refractivity contribution is 0.558. The highest BCUT2D eigenvalue weighted by Gasteiger charge is 2.21. The predicted octanol–water partition coefficient (Wildman–Crippen LogP) is 4.28. The first-order chi connectivity index (χ1) is 14.5. The molecule has 0 radical (unpaired) electrons. The minimum absolute atomic E-state index is 0.0184. The number of hydrogen-bond acceptors (Lipinski definition) is 5. The normalized spacial score (nSPS) is 15.1. The number of anilines is 2. The van der Waals surface area contributed by atoms with Gasteiger partial charge in [-0.15, -0.1) is 0 Å². The Kier molecular flexibility index (Phi) is 5.45. The molecule has 6 nitrogen and oxygen atoms in total. The number of rotatable bonds is 4. The topological polar surface area (TPSA) is 74.0 Å². The second kappa shape index (κ2) is 8.19. The Morgan fingerprint density at radius 1 is 1.17 bits per heavy atom. The van der Waals surface area contributed by atoms with Gasteiger partial charge in [0.25, 0.3) is 5.56 Å². The van der Waals surface area contributed by atoms with Crippen molar-refractivity contribution in [2.24, 2.45) is 7.05 Å². The molecular weight excluding hydrogens is 374 g/mol. The Labute approximate surface area is 176 Å². The summed E-state index contributed by atoms with van der Waals surface area (Å²) < 4.78 is 1.68. The summed E-state index contributed by atoms with van der Waals surface area (Å²) in [5.41, 5.74) is 4.08. The van der Waals surface area contributed by atoms with E-state index in [0.717, 1.165) is 54.2 Å². The summed E-state index contributed by atoms with van der Waals surface area (Å²) in [6.07, 6.45) is 3.47. The van der Waals surface area contributed by atoms with Crippen LogP contribution in [-0.4, -0.2) is 22.6 Å². The molecular formula is C24H27N5O. The van der Waals surface area contributed by atoms with Gasteiger partial charge in [0.2, 0.25) is 5.95 Å². The van der Waals surface area contributed by atoms with E-state index in [-0.39, 0.29) is 11.6 Å². The Bertz CT molecular complexity index is 1180. The average molecular weight is 402 g/mol. The Morgan fingerprint density at radius 3 is 2.63 bits per heavy atom. The number of aryl methyl sites for hydroxylation is 1. The molecule has 0 saturated carbocycles. The van der Waals surface area contributed by atoms with E-state index in [9.17, 15) is 10.1 Å². The fourth-order valence-corrected chi connectivity index (χ4v) is 4.27. The molecule has 2 heterocycles. The van der Waals surface area contributed by atoms with Gasteiger partial charge in [0.1, 0.15) is 6.07 Å². The average Bonchev–Trinajstić information content (AvgIpc) is 2.77. The van der Waals surface area contributed by atoms with Crippen molar-refractivity contribution in [3.05, 3.63) is 63.4 Å². The van der Waals surface area contributed by atoms with Crippen molar-refractivity contribution < 1.29 is 0 Å². The van der Waals surface area contributed by atoms with Crippen LogP contribution >= 0.6 is 0 Å². The van der Waals surface area contributed by atoms with Gasteiger partial charge in [0, 0.05) is 25.7 Å². The summed E-state index contributed by atoms with van der Waals surface area (Å²) in [7, 11) is 1.81. The van der Waals surface area contributed by atoms with Gasteiger partial charge >= 0.3 is 0 Å². The zero-order valence-electron chi connectivity index (χ0n) is 17.8. The molecule has 30 heavy (non-hydrogen) atoms. The van der Waals surface area contributed by atoms with E-state index in [1.165, 1.54) is 6.42 Å². The van der Waals surface area contributed by atoms with Crippen LogP contribution in [0.3, 0.4) is 0 Å². The fraction of sp³-hybridized carbons (Fsp3) is 0.375. The molecule has 1 aromatic heterocycles. The standard InChI is InChI=1S/C24H27N5O/c1-16-13-19(17(2)26-21-10-6-5-9-18(21)15-25)22-20(14-16)23(30)28(3)24(27-22)29-11-7-4-8-12-29/h5-6,9-10,13-14,17,26H,4,7-8,11-12H2,1-3H3. The van der Waals surface area contributed by atoms with Crippen LogP contribution < -0.4 is 15.8 Å². The van der Waals surface area contributed by atoms with Gasteiger partial charge in [-0.25, -0.2) is 4.98 Å². The molecule has 1 atom stereocenters. The maximum absolute atomic E-state index is 13.2. The number of piperidine rings is 1. The fourth-order valence-electron chi connectivity index (χ4n) is 4.27. The van der Waals surface area contributed by atoms with Crippen LogP contribution in [0, 0.1) is 18.3 Å². The van der Waals surface area contributed by atoms with Gasteiger partial charge in [0.05, 0.1) is 28.2 Å². The Hall–Kier alpha value is -3.33. The quantitative estimate of drug-likeness (QED) is 0.706. The number of nitriles is 1. The van der Waals surface area contributed by atoms with Gasteiger partial charge < -0.3 is 10.2 Å². The van der Waals surface area contributed by atoms with Gasteiger partial charge in [-0.05, 0) is 56.9 Å². The molecule has 6 heteroatoms. The number of nitrogens with one attached hydrogen (secondary N) is 1. The molecule has 1 aliphatic rings. The van der Waals surface area contributed by atoms with Crippen LogP contribution in [0.1, 0.15) is 48.9 Å². The maximum atomic E-state index is 13.2. The SMILES string of the molecule is Cc1cc(C(C)Nc2ccccc2C#N)c2nc(N3CCCCC3)n(C)c(=O)c2c1. The molecule has 0 spiro atoms. The minimum atomic E-state index is -0.115. The number of hydrogen-bond donors (Lipinski definition) is 1. The second-order valence-corrected chi connectivity index (χ2v) is 8.10. The molecule has 0 aliphatic carbocycles. The van der Waals surface area contributed by atoms with Crippen LogP contribution in [0.4, 0.5) is 11.6 Å². The third kappa shape index (κ3) is 3.63. The summed E-state index contributed by atoms with van der Waals surface area (Å²) in [6, 6.07) is 13.6. The maximum Gasteiger partial charge on any atom is 0.262 e. The second-order valence-electron chi connectivity index (χ2n) is 8.10. The molecule has 1 fully saturated rings. The highest BCUT2D eigenvalue weighted by atomic mass is 16.1. The van der Waals surface area contributed by atoms with Gasteiger partial charge in [-0.2, -0.15) is 5.26 Å². The van der Waals surface area contributed by atoms with Crippen molar-refractivity contribution in [1.82, 2.24) is 9.55 Å². The molecule has 154 valence electrons. The summed E-state index contributed by atoms with van der Waals surface area (Å²) >= 11 is 0. The van der Waals surface area contributed by atoms with Crippen LogP contribution in [0.2, 0.25) is 0 Å². The van der Waals surface area contributed by atoms with Crippen molar-refractivity contribution in [3.8, 4) is 6.07 Å². The number of benzene rings is 2. The van der Waals surface area contributed by atoms with E-state index < -0.39 is 0 Å². The van der Waals surface area contributed by atoms with Crippen molar-refractivity contribution in [3.63, 3.8) is 0 Å². The van der Waals surface area contributed by atoms with Gasteiger partial charge in [0.15, 0.2) is 0 Å². The van der Waals surface area contributed by atoms with Gasteiger partial charge in [-0.1, -0.05) is 18.2 Å². The van der Waals surface area contributed by atoms with Crippen LogP contribution in [0.15, 0.2) is 41.2 Å². The van der Waals surface area contributed by atoms with E-state index in [1.807, 2.05) is 45.2 Å². The third-order valence-corrected chi connectivity index (χ3v) is 5.86. The lowest BCUT2D eigenvalue weighted by Crippen LogP contribution is -2.35. The van der Waals surface area contributed by atoms with Crippen molar-refractivity contribution >= 4 is 22.5 Å². The first-order valence-electron chi connectivity index (χ1n) is 10.5. The number of nitrogens with zero attached hydrogens (tertiary/aromatic N) is 4. The molecule has 1 saturated heterocycles. The Balaban J connectivity index is 1.83. The number of fused-ring (bicyclic) bond motifs is 1. The third-order valence-electron chi connectivity index (χ3n) is 5.86. The molecule has 0 bridgehead atoms. The van der Waals surface area contributed by atoms with E-state index in [0.29, 0.717) is 10.9 Å². The van der Waals surface area contributed by atoms with Crippen molar-refractivity contribution in [1.29, 1.82) is 5.26 Å². The van der Waals surface area contributed by atoms with Gasteiger partial charge in [-0.3, -0.25) is 9.36 Å². The van der Waals surface area contributed by atoms with E-state index in [4.69, 9.17) is 4.98 Å². The highest BCUT2D eigenvalue weighted by molar-refractivity contribution is 5.84. The molecule has 1 unspecified atom stereocenters. The Morgan fingerprint density at radius 2 is 1.90 bits per heavy atom. The summed E-state index contributed by atoms with van der Waals surface area (Å²) in [4.78, 5) is 20.4. The van der Waals surface area contributed by atoms with Crippen LogP contribution in [-0.2, 0) is 7.05 Å². The number of aromatic nitrogens is 2. The molecule has 1 N–H and O–H groups in total. The molecule has 1 aliphatic heterocycles. The number of para-hydroxylation sites is 1. The zero-order valence-corrected chi connectivity index (χ0v) is 17.8. The molecule has 4 rings (SSSR count). The summed E-state index contributed by atoms with van der Waals surface area (Å²) in [5, 5.41) is 13.5. The first kappa shape index (κ1) is 20.0. The predicted molar refractivity (Wildman–Crippen MR) is 121 cm³/mol. The van der Waals surface area contributed by atoms with Crippen LogP contribution in [0.5, 0.6) is 0 Å². The molecule has 0 amide bonds. The monoisotopic (exact) mass is 401 g/mol. The van der Waals surface area contributed by atoms with Crippen LogP contribution in [0.25, 0.3) is 10.9 Å². The largest absolute Gasteiger partial charge is 0.377 e. The minimum Gasteiger partial charge on any atom is -0.377 e. The molecule has 3 aromatic rings. The highest BCUT2D eigenvalue weighted by Crippen LogP contribution is 2.29. The van der Waals surface area contributed by atoms with E-state index in [2.05, 4.69) is 22.4 Å².